The van der Waals surface area contributed by atoms with Gasteiger partial charge in [-0.25, -0.2) is 0 Å². The van der Waals surface area contributed by atoms with Gasteiger partial charge in [-0.2, -0.15) is 0 Å². The molecule has 94 valence electrons. The van der Waals surface area contributed by atoms with Crippen LogP contribution in [0.2, 0.25) is 0 Å². The van der Waals surface area contributed by atoms with Gasteiger partial charge in [0.1, 0.15) is 0 Å². The lowest BCUT2D eigenvalue weighted by atomic mass is 9.98. The van der Waals surface area contributed by atoms with Gasteiger partial charge in [0.15, 0.2) is 0 Å². The molecule has 1 nitrogen and oxygen atoms in total. The van der Waals surface area contributed by atoms with Crippen molar-refractivity contribution >= 4 is 11.3 Å². The van der Waals surface area contributed by atoms with Crippen LogP contribution < -0.4 is 5.32 Å². The zero-order valence-corrected chi connectivity index (χ0v) is 11.8. The van der Waals surface area contributed by atoms with E-state index in [2.05, 4.69) is 48.0 Å². The van der Waals surface area contributed by atoms with Gasteiger partial charge < -0.3 is 5.32 Å². The standard InChI is InChI=1S/C16H19NS/c1-12-4-3-5-13(8-12)15-9-14(10-18-15)16(6-7-16)11-17-2/h3-5,8-10,17H,6-7,11H2,1-2H3. The highest BCUT2D eigenvalue weighted by molar-refractivity contribution is 7.13. The van der Waals surface area contributed by atoms with Crippen LogP contribution in [0.5, 0.6) is 0 Å². The van der Waals surface area contributed by atoms with E-state index in [1.54, 1.807) is 0 Å². The summed E-state index contributed by atoms with van der Waals surface area (Å²) >= 11 is 1.88. The Balaban J connectivity index is 1.90. The molecule has 1 aliphatic rings. The van der Waals surface area contributed by atoms with Gasteiger partial charge in [0.2, 0.25) is 0 Å². The third kappa shape index (κ3) is 2.11. The normalized spacial score (nSPS) is 16.8. The number of thiophene rings is 1. The van der Waals surface area contributed by atoms with Crippen LogP contribution in [0.25, 0.3) is 10.4 Å². The van der Waals surface area contributed by atoms with Crippen LogP contribution in [0.4, 0.5) is 0 Å². The number of likely N-dealkylation sites (N-methyl/N-ethyl adjacent to an activating group) is 1. The van der Waals surface area contributed by atoms with Gasteiger partial charge in [-0.3, -0.25) is 0 Å². The molecule has 2 heteroatoms. The van der Waals surface area contributed by atoms with E-state index < -0.39 is 0 Å². The Morgan fingerprint density at radius 2 is 2.11 bits per heavy atom. The summed E-state index contributed by atoms with van der Waals surface area (Å²) in [5.74, 6) is 0. The van der Waals surface area contributed by atoms with E-state index in [0.29, 0.717) is 5.41 Å². The summed E-state index contributed by atoms with van der Waals surface area (Å²) in [7, 11) is 2.05. The van der Waals surface area contributed by atoms with Crippen molar-refractivity contribution in [1.82, 2.24) is 5.32 Å². The first-order valence-corrected chi connectivity index (χ1v) is 7.42. The van der Waals surface area contributed by atoms with Crippen LogP contribution in [-0.2, 0) is 5.41 Å². The monoisotopic (exact) mass is 257 g/mol. The maximum absolute atomic E-state index is 3.33. The number of rotatable bonds is 4. The van der Waals surface area contributed by atoms with Gasteiger partial charge in [-0.15, -0.1) is 11.3 Å². The van der Waals surface area contributed by atoms with Gasteiger partial charge in [-0.05, 0) is 49.4 Å². The smallest absolute Gasteiger partial charge is 0.0345 e. The van der Waals surface area contributed by atoms with E-state index in [9.17, 15) is 0 Å². The lowest BCUT2D eigenvalue weighted by molar-refractivity contribution is 0.626. The molecule has 0 atom stereocenters. The van der Waals surface area contributed by atoms with E-state index in [-0.39, 0.29) is 0 Å². The van der Waals surface area contributed by atoms with Crippen molar-refractivity contribution in [2.45, 2.75) is 25.2 Å². The molecule has 1 saturated carbocycles. The molecule has 1 fully saturated rings. The predicted octanol–water partition coefficient (Wildman–Crippen LogP) is 3.97. The van der Waals surface area contributed by atoms with E-state index >= 15 is 0 Å². The molecule has 1 N–H and O–H groups in total. The van der Waals surface area contributed by atoms with E-state index in [1.165, 1.54) is 34.4 Å². The Morgan fingerprint density at radius 1 is 1.28 bits per heavy atom. The molecule has 3 rings (SSSR count). The van der Waals surface area contributed by atoms with Crippen LogP contribution in [0.1, 0.15) is 24.0 Å². The zero-order chi connectivity index (χ0) is 12.6. The highest BCUT2D eigenvalue weighted by Gasteiger charge is 2.44. The minimum absolute atomic E-state index is 0.438. The molecule has 18 heavy (non-hydrogen) atoms. The van der Waals surface area contributed by atoms with Crippen molar-refractivity contribution in [3.63, 3.8) is 0 Å². The Morgan fingerprint density at radius 3 is 2.78 bits per heavy atom. The second-order valence-electron chi connectivity index (χ2n) is 5.38. The first kappa shape index (κ1) is 11.9. The Hall–Kier alpha value is -1.12. The average Bonchev–Trinajstić information content (AvgIpc) is 2.97. The van der Waals surface area contributed by atoms with Crippen molar-refractivity contribution in [2.24, 2.45) is 0 Å². The number of benzene rings is 1. The number of hydrogen-bond acceptors (Lipinski definition) is 2. The Labute approximate surface area is 113 Å². The third-order valence-electron chi connectivity index (χ3n) is 3.88. The fourth-order valence-electron chi connectivity index (χ4n) is 2.62. The largest absolute Gasteiger partial charge is 0.319 e. The van der Waals surface area contributed by atoms with Crippen molar-refractivity contribution in [2.75, 3.05) is 13.6 Å². The maximum atomic E-state index is 3.33. The SMILES string of the molecule is CNCC1(c2csc(-c3cccc(C)c3)c2)CC1. The summed E-state index contributed by atoms with van der Waals surface area (Å²) in [6, 6.07) is 11.2. The third-order valence-corrected chi connectivity index (χ3v) is 4.86. The predicted molar refractivity (Wildman–Crippen MR) is 79.3 cm³/mol. The van der Waals surface area contributed by atoms with Crippen molar-refractivity contribution in [3.8, 4) is 10.4 Å². The summed E-state index contributed by atoms with van der Waals surface area (Å²) < 4.78 is 0. The number of aryl methyl sites for hydroxylation is 1. The molecule has 0 aliphatic heterocycles. The minimum Gasteiger partial charge on any atom is -0.319 e. The van der Waals surface area contributed by atoms with Crippen molar-refractivity contribution in [3.05, 3.63) is 46.8 Å². The van der Waals surface area contributed by atoms with Gasteiger partial charge in [0.05, 0.1) is 0 Å². The van der Waals surface area contributed by atoms with E-state index in [0.717, 1.165) is 6.54 Å². The molecule has 0 bridgehead atoms. The molecule has 1 aromatic heterocycles. The van der Waals surface area contributed by atoms with Crippen molar-refractivity contribution in [1.29, 1.82) is 0 Å². The van der Waals surface area contributed by atoms with Crippen LogP contribution in [-0.4, -0.2) is 13.6 Å². The fourth-order valence-corrected chi connectivity index (χ4v) is 3.65. The summed E-state index contributed by atoms with van der Waals surface area (Å²) in [6.45, 7) is 3.26. The van der Waals surface area contributed by atoms with Gasteiger partial charge in [0.25, 0.3) is 0 Å². The summed E-state index contributed by atoms with van der Waals surface area (Å²) in [4.78, 5) is 1.40. The van der Waals surface area contributed by atoms with Crippen LogP contribution in [0.15, 0.2) is 35.7 Å². The van der Waals surface area contributed by atoms with Gasteiger partial charge >= 0.3 is 0 Å². The number of hydrogen-bond donors (Lipinski definition) is 1. The minimum atomic E-state index is 0.438. The maximum Gasteiger partial charge on any atom is 0.0345 e. The molecular weight excluding hydrogens is 238 g/mol. The molecule has 1 aromatic carbocycles. The summed E-state index contributed by atoms with van der Waals surface area (Å²) in [5.41, 5.74) is 4.65. The van der Waals surface area contributed by atoms with E-state index in [4.69, 9.17) is 0 Å². The average molecular weight is 257 g/mol. The second kappa shape index (κ2) is 4.52. The number of nitrogens with one attached hydrogen (secondary N) is 1. The van der Waals surface area contributed by atoms with Crippen molar-refractivity contribution < 1.29 is 0 Å². The molecule has 0 radical (unpaired) electrons. The van der Waals surface area contributed by atoms with Crippen LogP contribution in [0.3, 0.4) is 0 Å². The Kier molecular flexibility index (Phi) is 3.00. The fraction of sp³-hybridized carbons (Fsp3) is 0.375. The first-order valence-electron chi connectivity index (χ1n) is 6.54. The quantitative estimate of drug-likeness (QED) is 0.873. The molecule has 0 unspecified atom stereocenters. The van der Waals surface area contributed by atoms with Crippen LogP contribution >= 0.6 is 11.3 Å². The zero-order valence-electron chi connectivity index (χ0n) is 11.0. The highest BCUT2D eigenvalue weighted by Crippen LogP contribution is 2.49. The highest BCUT2D eigenvalue weighted by atomic mass is 32.1. The van der Waals surface area contributed by atoms with Crippen LogP contribution in [0, 0.1) is 6.92 Å². The summed E-state index contributed by atoms with van der Waals surface area (Å²) in [5, 5.41) is 5.68. The van der Waals surface area contributed by atoms with Gasteiger partial charge in [0, 0.05) is 16.8 Å². The molecule has 2 aromatic rings. The molecular formula is C16H19NS. The van der Waals surface area contributed by atoms with Gasteiger partial charge in [-0.1, -0.05) is 29.8 Å². The Bertz CT molecular complexity index is 552. The second-order valence-corrected chi connectivity index (χ2v) is 6.29. The molecule has 0 saturated heterocycles. The molecule has 0 amide bonds. The first-order chi connectivity index (χ1) is 8.73. The lowest BCUT2D eigenvalue weighted by Crippen LogP contribution is -2.22. The molecule has 1 aliphatic carbocycles. The lowest BCUT2D eigenvalue weighted by Gasteiger charge is -2.12. The van der Waals surface area contributed by atoms with E-state index in [1.807, 2.05) is 18.4 Å². The summed E-state index contributed by atoms with van der Waals surface area (Å²) in [6.07, 6.45) is 2.66. The topological polar surface area (TPSA) is 12.0 Å². The molecule has 0 spiro atoms. The molecule has 1 heterocycles.